The van der Waals surface area contributed by atoms with Gasteiger partial charge in [0.05, 0.1) is 12.8 Å². The van der Waals surface area contributed by atoms with Gasteiger partial charge in [-0.2, -0.15) is 0 Å². The fourth-order valence-electron chi connectivity index (χ4n) is 2.79. The van der Waals surface area contributed by atoms with Gasteiger partial charge in [-0.1, -0.05) is 11.6 Å². The van der Waals surface area contributed by atoms with Gasteiger partial charge in [-0.15, -0.1) is 0 Å². The standard InChI is InChI=1S/C16H19NO3/c1-20-16(19)13-9-17-14(11-6-7-11)12(15(13)18)8-10-4-2-3-5-10/h8-9,11H,2-7H2,1H3,(H,17,18). The van der Waals surface area contributed by atoms with E-state index in [0.29, 0.717) is 5.92 Å². The molecule has 2 saturated carbocycles. The van der Waals surface area contributed by atoms with Crippen molar-refractivity contribution in [2.45, 2.75) is 44.4 Å². The van der Waals surface area contributed by atoms with E-state index in [0.717, 1.165) is 36.9 Å². The summed E-state index contributed by atoms with van der Waals surface area (Å²) >= 11 is 0. The fraction of sp³-hybridized carbons (Fsp3) is 0.500. The molecule has 2 fully saturated rings. The Kier molecular flexibility index (Phi) is 3.47. The van der Waals surface area contributed by atoms with E-state index in [-0.39, 0.29) is 11.3 Å². The Bertz CT molecular complexity index is 565. The number of aromatic hydroxyl groups is 1. The highest BCUT2D eigenvalue weighted by atomic mass is 16.5. The lowest BCUT2D eigenvalue weighted by atomic mass is 10.0. The van der Waals surface area contributed by atoms with Crippen molar-refractivity contribution in [3.05, 3.63) is 28.6 Å². The average molecular weight is 273 g/mol. The molecule has 2 aliphatic rings. The number of allylic oxidation sites excluding steroid dienone is 1. The number of hydrogen-bond donors (Lipinski definition) is 1. The third kappa shape index (κ3) is 2.42. The van der Waals surface area contributed by atoms with Gasteiger partial charge in [-0.3, -0.25) is 4.98 Å². The molecule has 0 aromatic carbocycles. The molecule has 0 radical (unpaired) electrons. The highest BCUT2D eigenvalue weighted by Gasteiger charge is 2.30. The molecule has 0 amide bonds. The highest BCUT2D eigenvalue weighted by molar-refractivity contribution is 5.93. The Morgan fingerprint density at radius 1 is 1.40 bits per heavy atom. The van der Waals surface area contributed by atoms with E-state index in [9.17, 15) is 9.90 Å². The van der Waals surface area contributed by atoms with Crippen LogP contribution in [0.3, 0.4) is 0 Å². The molecule has 0 spiro atoms. The lowest BCUT2D eigenvalue weighted by Gasteiger charge is -2.11. The summed E-state index contributed by atoms with van der Waals surface area (Å²) in [5.41, 5.74) is 3.15. The second-order valence-electron chi connectivity index (χ2n) is 5.59. The molecular formula is C16H19NO3. The summed E-state index contributed by atoms with van der Waals surface area (Å²) in [5, 5.41) is 10.4. The molecular weight excluding hydrogens is 254 g/mol. The Hall–Kier alpha value is -1.84. The average Bonchev–Trinajstić information content (AvgIpc) is 3.17. The molecule has 1 N–H and O–H groups in total. The maximum atomic E-state index is 11.7. The van der Waals surface area contributed by atoms with Crippen molar-refractivity contribution in [2.24, 2.45) is 0 Å². The minimum Gasteiger partial charge on any atom is -0.506 e. The predicted molar refractivity (Wildman–Crippen MR) is 75.7 cm³/mol. The lowest BCUT2D eigenvalue weighted by molar-refractivity contribution is 0.0597. The number of aromatic nitrogens is 1. The zero-order valence-electron chi connectivity index (χ0n) is 11.7. The molecule has 2 aliphatic carbocycles. The predicted octanol–water partition coefficient (Wildman–Crippen LogP) is 3.41. The summed E-state index contributed by atoms with van der Waals surface area (Å²) in [5.74, 6) is -0.0857. The summed E-state index contributed by atoms with van der Waals surface area (Å²) in [4.78, 5) is 16.1. The molecule has 20 heavy (non-hydrogen) atoms. The zero-order valence-corrected chi connectivity index (χ0v) is 11.7. The third-order valence-corrected chi connectivity index (χ3v) is 4.08. The lowest BCUT2D eigenvalue weighted by Crippen LogP contribution is -2.05. The van der Waals surface area contributed by atoms with Crippen LogP contribution in [0.4, 0.5) is 0 Å². The Balaban J connectivity index is 2.07. The summed E-state index contributed by atoms with van der Waals surface area (Å²) in [7, 11) is 1.31. The first-order valence-electron chi connectivity index (χ1n) is 7.20. The molecule has 1 aromatic rings. The quantitative estimate of drug-likeness (QED) is 0.857. The topological polar surface area (TPSA) is 59.4 Å². The molecule has 0 atom stereocenters. The second-order valence-corrected chi connectivity index (χ2v) is 5.59. The number of esters is 1. The first kappa shape index (κ1) is 13.2. The van der Waals surface area contributed by atoms with Gasteiger partial charge >= 0.3 is 5.97 Å². The monoisotopic (exact) mass is 273 g/mol. The van der Waals surface area contributed by atoms with E-state index >= 15 is 0 Å². The smallest absolute Gasteiger partial charge is 0.343 e. The first-order valence-corrected chi connectivity index (χ1v) is 7.20. The molecule has 0 bridgehead atoms. The van der Waals surface area contributed by atoms with Gasteiger partial charge in [0.15, 0.2) is 0 Å². The van der Waals surface area contributed by atoms with E-state index in [1.807, 2.05) is 6.08 Å². The Morgan fingerprint density at radius 2 is 2.10 bits per heavy atom. The number of pyridine rings is 1. The van der Waals surface area contributed by atoms with E-state index in [4.69, 9.17) is 4.74 Å². The van der Waals surface area contributed by atoms with Crippen LogP contribution in [0.15, 0.2) is 11.8 Å². The van der Waals surface area contributed by atoms with Crippen LogP contribution in [0.1, 0.15) is 66.1 Å². The largest absolute Gasteiger partial charge is 0.506 e. The SMILES string of the molecule is COC(=O)c1cnc(C2CC2)c(C=C2CCCC2)c1O. The maximum Gasteiger partial charge on any atom is 0.343 e. The Morgan fingerprint density at radius 3 is 2.70 bits per heavy atom. The maximum absolute atomic E-state index is 11.7. The van der Waals surface area contributed by atoms with Crippen molar-refractivity contribution in [3.63, 3.8) is 0 Å². The Labute approximate surface area is 118 Å². The number of carbonyl (C=O) groups is 1. The molecule has 3 rings (SSSR count). The molecule has 0 unspecified atom stereocenters. The minimum atomic E-state index is -0.539. The number of carbonyl (C=O) groups excluding carboxylic acids is 1. The van der Waals surface area contributed by atoms with Crippen LogP contribution in [-0.2, 0) is 4.74 Å². The van der Waals surface area contributed by atoms with Crippen LogP contribution in [-0.4, -0.2) is 23.2 Å². The van der Waals surface area contributed by atoms with Crippen LogP contribution in [0.2, 0.25) is 0 Å². The molecule has 0 aliphatic heterocycles. The van der Waals surface area contributed by atoms with E-state index < -0.39 is 5.97 Å². The number of rotatable bonds is 3. The number of hydrogen-bond acceptors (Lipinski definition) is 4. The molecule has 1 aromatic heterocycles. The summed E-state index contributed by atoms with van der Waals surface area (Å²) < 4.78 is 4.70. The van der Waals surface area contributed by atoms with Crippen molar-refractivity contribution >= 4 is 12.0 Å². The van der Waals surface area contributed by atoms with Crippen molar-refractivity contribution in [1.29, 1.82) is 0 Å². The zero-order chi connectivity index (χ0) is 14.1. The van der Waals surface area contributed by atoms with Crippen molar-refractivity contribution in [3.8, 4) is 5.75 Å². The number of methoxy groups -OCH3 is 1. The minimum absolute atomic E-state index is 0.0214. The van der Waals surface area contributed by atoms with Crippen LogP contribution >= 0.6 is 0 Å². The molecule has 4 heteroatoms. The van der Waals surface area contributed by atoms with Crippen LogP contribution in [0, 0.1) is 0 Å². The van der Waals surface area contributed by atoms with Gasteiger partial charge in [0, 0.05) is 17.7 Å². The van der Waals surface area contributed by atoms with Gasteiger partial charge in [0.2, 0.25) is 0 Å². The number of nitrogens with zero attached hydrogens (tertiary/aromatic N) is 1. The molecule has 4 nitrogen and oxygen atoms in total. The van der Waals surface area contributed by atoms with Gasteiger partial charge in [-0.05, 0) is 38.5 Å². The molecule has 0 saturated heterocycles. The summed E-state index contributed by atoms with van der Waals surface area (Å²) in [6.45, 7) is 0. The fourth-order valence-corrected chi connectivity index (χ4v) is 2.79. The van der Waals surface area contributed by atoms with Crippen molar-refractivity contribution < 1.29 is 14.6 Å². The molecule has 106 valence electrons. The van der Waals surface area contributed by atoms with E-state index in [1.54, 1.807) is 0 Å². The second kappa shape index (κ2) is 5.27. The van der Waals surface area contributed by atoms with E-state index in [2.05, 4.69) is 4.98 Å². The van der Waals surface area contributed by atoms with Gasteiger partial charge in [0.25, 0.3) is 0 Å². The number of ether oxygens (including phenoxy) is 1. The molecule has 1 heterocycles. The van der Waals surface area contributed by atoms with Gasteiger partial charge in [-0.25, -0.2) is 4.79 Å². The third-order valence-electron chi connectivity index (χ3n) is 4.08. The summed E-state index contributed by atoms with van der Waals surface area (Å²) in [6, 6.07) is 0. The van der Waals surface area contributed by atoms with E-state index in [1.165, 1.54) is 31.7 Å². The van der Waals surface area contributed by atoms with Crippen LogP contribution < -0.4 is 0 Å². The normalized spacial score (nSPS) is 18.1. The first-order chi connectivity index (χ1) is 9.70. The van der Waals surface area contributed by atoms with Crippen LogP contribution in [0.25, 0.3) is 6.08 Å². The van der Waals surface area contributed by atoms with Crippen molar-refractivity contribution in [2.75, 3.05) is 7.11 Å². The van der Waals surface area contributed by atoms with Gasteiger partial charge < -0.3 is 9.84 Å². The van der Waals surface area contributed by atoms with Gasteiger partial charge in [0.1, 0.15) is 11.3 Å². The highest BCUT2D eigenvalue weighted by Crippen LogP contribution is 2.44. The van der Waals surface area contributed by atoms with Crippen LogP contribution in [0.5, 0.6) is 5.75 Å². The van der Waals surface area contributed by atoms with Crippen molar-refractivity contribution in [1.82, 2.24) is 4.98 Å². The summed E-state index contributed by atoms with van der Waals surface area (Å²) in [6.07, 6.45) is 10.3.